The fourth-order valence-corrected chi connectivity index (χ4v) is 9.81. The summed E-state index contributed by atoms with van der Waals surface area (Å²) in [5.41, 5.74) is -1.62. The molecule has 61 heavy (non-hydrogen) atoms. The van der Waals surface area contributed by atoms with Gasteiger partial charge in [0.2, 0.25) is 0 Å². The Bertz CT molecular complexity index is 1870. The summed E-state index contributed by atoms with van der Waals surface area (Å²) in [6.45, 7) is 20.7. The Morgan fingerprint density at radius 1 is 1.10 bits per heavy atom. The molecule has 5 rings (SSSR count). The third-order valence-electron chi connectivity index (χ3n) is 13.6. The summed E-state index contributed by atoms with van der Waals surface area (Å²) in [6.07, 6.45) is 5.48. The van der Waals surface area contributed by atoms with Gasteiger partial charge in [-0.1, -0.05) is 34.3 Å². The number of carbonyl (C=O) groups is 4. The Kier molecular flexibility index (Phi) is 15.1. The van der Waals surface area contributed by atoms with Gasteiger partial charge in [0, 0.05) is 67.1 Å². The third kappa shape index (κ3) is 9.65. The maximum Gasteiger partial charge on any atom is 0.411 e. The molecule has 3 saturated heterocycles. The van der Waals surface area contributed by atoms with Gasteiger partial charge in [-0.3, -0.25) is 24.3 Å². The highest BCUT2D eigenvalue weighted by molar-refractivity contribution is 6.00. The van der Waals surface area contributed by atoms with Crippen molar-refractivity contribution in [2.24, 2.45) is 23.7 Å². The Morgan fingerprint density at radius 3 is 2.41 bits per heavy atom. The Morgan fingerprint density at radius 2 is 1.80 bits per heavy atom. The van der Waals surface area contributed by atoms with Gasteiger partial charge < -0.3 is 38.3 Å². The van der Waals surface area contributed by atoms with Crippen LogP contribution in [0.3, 0.4) is 0 Å². The number of imidazole rings is 1. The molecular weight excluding hydrogens is 783 g/mol. The van der Waals surface area contributed by atoms with Crippen molar-refractivity contribution in [3.63, 3.8) is 0 Å². The molecule has 0 radical (unpaired) electrons. The van der Waals surface area contributed by atoms with Crippen LogP contribution in [0.25, 0.3) is 11.3 Å². The van der Waals surface area contributed by atoms with Crippen LogP contribution in [0.4, 0.5) is 4.79 Å². The summed E-state index contributed by atoms with van der Waals surface area (Å²) in [7, 11) is 5.23. The highest BCUT2D eigenvalue weighted by Gasteiger charge is 2.61. The molecule has 3 aliphatic heterocycles. The first-order valence-corrected chi connectivity index (χ1v) is 21.7. The SMILES string of the molecule is C=C[C@]12OC(=O)N(CCCC(C)(C)n3cnc(-c4cccnc4)c3)[C@@H]1[C@@H](C)C(=O)[C@H](C)C[C@](C)(OC)[C@H](OC1O[C@H](C)C[C@H](N(C)C)[C@H]1O)[C@@H](C)C(=O)[C@@H](C)C(=O)O[C@@H]2CC. The quantitative estimate of drug-likeness (QED) is 0.154. The van der Waals surface area contributed by atoms with Crippen LogP contribution in [0.1, 0.15) is 94.4 Å². The number of ether oxygens (including phenoxy) is 5. The number of likely N-dealkylation sites (N-methyl/N-ethyl adjacent to an activating group) is 1. The molecular formula is C46H69N5O10. The Hall–Kier alpha value is -4.02. The first-order chi connectivity index (χ1) is 28.7. The van der Waals surface area contributed by atoms with E-state index in [4.69, 9.17) is 23.7 Å². The fourth-order valence-electron chi connectivity index (χ4n) is 9.81. The number of aliphatic hydroxyl groups excluding tert-OH is 1. The normalized spacial score (nSPS) is 35.7. The highest BCUT2D eigenvalue weighted by Crippen LogP contribution is 2.44. The van der Waals surface area contributed by atoms with Gasteiger partial charge in [-0.2, -0.15) is 0 Å². The number of hydrogen-bond acceptors (Lipinski definition) is 13. The molecule has 0 aliphatic carbocycles. The molecule has 0 aromatic carbocycles. The zero-order chi connectivity index (χ0) is 45.2. The average Bonchev–Trinajstić information content (AvgIpc) is 3.85. The van der Waals surface area contributed by atoms with Gasteiger partial charge >= 0.3 is 12.1 Å². The van der Waals surface area contributed by atoms with Crippen molar-refractivity contribution in [2.45, 2.75) is 154 Å². The number of nitrogens with zero attached hydrogens (tertiary/aromatic N) is 5. The van der Waals surface area contributed by atoms with E-state index in [0.717, 1.165) is 11.3 Å². The van der Waals surface area contributed by atoms with Crippen molar-refractivity contribution in [3.8, 4) is 11.3 Å². The van der Waals surface area contributed by atoms with Crippen molar-refractivity contribution >= 4 is 23.6 Å². The number of Topliss-reactive ketones (excluding diaryl/α,β-unsaturated/α-hetero) is 2. The molecule has 1 amide bonds. The predicted octanol–water partition coefficient (Wildman–Crippen LogP) is 5.83. The highest BCUT2D eigenvalue weighted by atomic mass is 16.7. The third-order valence-corrected chi connectivity index (χ3v) is 13.6. The lowest BCUT2D eigenvalue weighted by molar-refractivity contribution is -0.295. The monoisotopic (exact) mass is 852 g/mol. The van der Waals surface area contributed by atoms with Crippen LogP contribution in [0.2, 0.25) is 0 Å². The smallest absolute Gasteiger partial charge is 0.411 e. The molecule has 0 spiro atoms. The Labute approximate surface area is 361 Å². The van der Waals surface area contributed by atoms with Crippen LogP contribution in [0, 0.1) is 23.7 Å². The van der Waals surface area contributed by atoms with Gasteiger partial charge in [0.05, 0.1) is 35.9 Å². The minimum atomic E-state index is -1.61. The van der Waals surface area contributed by atoms with Crippen molar-refractivity contribution in [1.29, 1.82) is 0 Å². The van der Waals surface area contributed by atoms with Crippen molar-refractivity contribution in [1.82, 2.24) is 24.3 Å². The zero-order valence-corrected chi connectivity index (χ0v) is 38.2. The number of amides is 1. The first kappa shape index (κ1) is 48.0. The van der Waals surface area contributed by atoms with Gasteiger partial charge in [0.1, 0.15) is 23.9 Å². The summed E-state index contributed by atoms with van der Waals surface area (Å²) in [5.74, 6) is -5.25. The van der Waals surface area contributed by atoms with E-state index >= 15 is 0 Å². The number of pyridine rings is 1. The van der Waals surface area contributed by atoms with E-state index in [2.05, 4.69) is 30.4 Å². The van der Waals surface area contributed by atoms with E-state index in [1.807, 2.05) is 48.8 Å². The van der Waals surface area contributed by atoms with Gasteiger partial charge in [0.15, 0.2) is 17.7 Å². The number of fused-ring (bicyclic) bond motifs is 1. The van der Waals surface area contributed by atoms with Crippen molar-refractivity contribution in [3.05, 3.63) is 49.7 Å². The molecule has 3 aliphatic rings. The van der Waals surface area contributed by atoms with Crippen LogP contribution in [0.15, 0.2) is 49.7 Å². The van der Waals surface area contributed by atoms with Gasteiger partial charge in [-0.15, -0.1) is 0 Å². The van der Waals surface area contributed by atoms with E-state index in [1.165, 1.54) is 20.1 Å². The van der Waals surface area contributed by atoms with E-state index in [9.17, 15) is 24.3 Å². The molecule has 5 heterocycles. The molecule has 0 bridgehead atoms. The number of aromatic nitrogens is 3. The van der Waals surface area contributed by atoms with Crippen molar-refractivity contribution in [2.75, 3.05) is 27.7 Å². The summed E-state index contributed by atoms with van der Waals surface area (Å²) in [6, 6.07) is 2.61. The summed E-state index contributed by atoms with van der Waals surface area (Å²) < 4.78 is 33.5. The maximum atomic E-state index is 14.9. The molecule has 13 atom stereocenters. The number of methoxy groups -OCH3 is 1. The second-order valence-corrected chi connectivity index (χ2v) is 18.6. The number of hydrogen-bond donors (Lipinski definition) is 1. The first-order valence-electron chi connectivity index (χ1n) is 21.7. The molecule has 3 fully saturated rings. The van der Waals surface area contributed by atoms with Crippen LogP contribution in [0.5, 0.6) is 0 Å². The topological polar surface area (TPSA) is 172 Å². The second kappa shape index (κ2) is 19.2. The van der Waals surface area contributed by atoms with Gasteiger partial charge in [-0.05, 0) is 99.0 Å². The predicted molar refractivity (Wildman–Crippen MR) is 228 cm³/mol. The molecule has 1 N–H and O–H groups in total. The van der Waals surface area contributed by atoms with Crippen LogP contribution in [-0.4, -0.2) is 135 Å². The fraction of sp³-hybridized carbons (Fsp3) is 0.696. The van der Waals surface area contributed by atoms with Crippen LogP contribution < -0.4 is 0 Å². The van der Waals surface area contributed by atoms with Crippen LogP contribution >= 0.6 is 0 Å². The van der Waals surface area contributed by atoms with E-state index in [-0.39, 0.29) is 37.3 Å². The lowest BCUT2D eigenvalue weighted by Gasteiger charge is -2.47. The number of rotatable bonds is 12. The lowest BCUT2D eigenvalue weighted by Crippen LogP contribution is -2.60. The number of cyclic esters (lactones) is 1. The molecule has 15 heteroatoms. The number of ketones is 2. The van der Waals surface area contributed by atoms with Crippen molar-refractivity contribution < 1.29 is 48.0 Å². The Balaban J connectivity index is 1.49. The van der Waals surface area contributed by atoms with Gasteiger partial charge in [0.25, 0.3) is 0 Å². The molecule has 2 aromatic heterocycles. The molecule has 2 aromatic rings. The van der Waals surface area contributed by atoms with E-state index < -0.39 is 88.9 Å². The number of carbonyl (C=O) groups excluding carboxylic acids is 4. The summed E-state index contributed by atoms with van der Waals surface area (Å²) >= 11 is 0. The minimum absolute atomic E-state index is 0.100. The van der Waals surface area contributed by atoms with Crippen LogP contribution in [-0.2, 0) is 43.6 Å². The lowest BCUT2D eigenvalue weighted by atomic mass is 9.72. The molecule has 15 nitrogen and oxygen atoms in total. The minimum Gasteiger partial charge on any atom is -0.457 e. The molecule has 1 unspecified atom stereocenters. The van der Waals surface area contributed by atoms with E-state index in [0.29, 0.717) is 19.3 Å². The summed E-state index contributed by atoms with van der Waals surface area (Å²) in [4.78, 5) is 69.8. The second-order valence-electron chi connectivity index (χ2n) is 18.6. The maximum absolute atomic E-state index is 14.9. The summed E-state index contributed by atoms with van der Waals surface area (Å²) in [5, 5.41) is 11.5. The molecule has 0 saturated carbocycles. The standard InChI is InChI=1S/C46H69N5O10/c1-14-35-46(15-2)39(51(43(56)61-46)21-17-19-44(8,9)50-25-33(48-26-50)32-18-16-20-47-24-32)29(5)36(52)27(3)23-45(10,57-13)40(30(6)37(53)31(7)41(55)59-35)60-42-38(54)34(49(11)12)22-28(4)58-42/h15-16,18,20,24-31,34-35,38-40,42,54H,2,14,17,19,21-23H2,1,3-13H3/t27-,28-,29+,30+,31-,34+,35-,38-,39-,40-,42?,45+,46-/m1/s1. The van der Waals surface area contributed by atoms with Gasteiger partial charge in [-0.25, -0.2) is 9.78 Å². The van der Waals surface area contributed by atoms with E-state index in [1.54, 1.807) is 58.2 Å². The molecule has 338 valence electrons. The average molecular weight is 852 g/mol. The largest absolute Gasteiger partial charge is 0.457 e. The number of aliphatic hydroxyl groups is 1. The zero-order valence-electron chi connectivity index (χ0n) is 38.2. The number of esters is 1.